The number of methoxy groups -OCH3 is 1. The second-order valence-electron chi connectivity index (χ2n) is 4.16. The summed E-state index contributed by atoms with van der Waals surface area (Å²) in [7, 11) is 5.79. The average molecular weight is 222 g/mol. The van der Waals surface area contributed by atoms with Crippen LogP contribution >= 0.6 is 0 Å². The van der Waals surface area contributed by atoms with Gasteiger partial charge in [-0.15, -0.1) is 0 Å². The lowest BCUT2D eigenvalue weighted by molar-refractivity contribution is 0.411. The van der Waals surface area contributed by atoms with Gasteiger partial charge in [0.15, 0.2) is 0 Å². The third-order valence-electron chi connectivity index (χ3n) is 2.71. The topological polar surface area (TPSA) is 24.5 Å². The normalized spacial score (nSPS) is 10.3. The molecule has 90 valence electrons. The first-order valence-corrected chi connectivity index (χ1v) is 5.61. The molecule has 16 heavy (non-hydrogen) atoms. The third kappa shape index (κ3) is 2.89. The number of aryl methyl sites for hydroxylation is 2. The minimum absolute atomic E-state index is 0.965. The zero-order chi connectivity index (χ0) is 12.1. The van der Waals surface area contributed by atoms with Gasteiger partial charge in [-0.3, -0.25) is 0 Å². The summed E-state index contributed by atoms with van der Waals surface area (Å²) in [6, 6.07) is 4.32. The number of rotatable bonds is 5. The minimum atomic E-state index is 0.965. The number of benzene rings is 1. The molecule has 0 unspecified atom stereocenters. The number of ether oxygens (including phenoxy) is 1. The maximum absolute atomic E-state index is 5.47. The van der Waals surface area contributed by atoms with E-state index >= 15 is 0 Å². The van der Waals surface area contributed by atoms with Crippen LogP contribution in [0, 0.1) is 13.8 Å². The van der Waals surface area contributed by atoms with Crippen molar-refractivity contribution < 1.29 is 4.74 Å². The lowest BCUT2D eigenvalue weighted by atomic mass is 10.1. The van der Waals surface area contributed by atoms with Crippen molar-refractivity contribution in [1.29, 1.82) is 0 Å². The Hall–Kier alpha value is -1.22. The van der Waals surface area contributed by atoms with Crippen LogP contribution in [0.15, 0.2) is 12.1 Å². The number of nitrogens with zero attached hydrogens (tertiary/aromatic N) is 1. The molecule has 0 spiro atoms. The SMILES string of the molecule is CNCCN(C)c1cc(C)cc(C)c1OC. The molecule has 1 N–H and O–H groups in total. The highest BCUT2D eigenvalue weighted by atomic mass is 16.5. The van der Waals surface area contributed by atoms with E-state index in [-0.39, 0.29) is 0 Å². The molecule has 3 heteroatoms. The molecule has 1 aromatic rings. The van der Waals surface area contributed by atoms with Gasteiger partial charge in [-0.2, -0.15) is 0 Å². The standard InChI is InChI=1S/C13H22N2O/c1-10-8-11(2)13(16-5)12(9-10)15(4)7-6-14-3/h8-9,14H,6-7H2,1-5H3. The zero-order valence-electron chi connectivity index (χ0n) is 10.9. The van der Waals surface area contributed by atoms with E-state index in [1.807, 2.05) is 7.05 Å². The van der Waals surface area contributed by atoms with E-state index in [1.54, 1.807) is 7.11 Å². The van der Waals surface area contributed by atoms with Gasteiger partial charge < -0.3 is 15.0 Å². The van der Waals surface area contributed by atoms with Crippen molar-refractivity contribution in [3.05, 3.63) is 23.3 Å². The lowest BCUT2D eigenvalue weighted by Crippen LogP contribution is -2.27. The van der Waals surface area contributed by atoms with E-state index in [1.165, 1.54) is 11.1 Å². The third-order valence-corrected chi connectivity index (χ3v) is 2.71. The monoisotopic (exact) mass is 222 g/mol. The summed E-state index contributed by atoms with van der Waals surface area (Å²) < 4.78 is 5.47. The highest BCUT2D eigenvalue weighted by Gasteiger charge is 2.11. The lowest BCUT2D eigenvalue weighted by Gasteiger charge is -2.23. The maximum atomic E-state index is 5.47. The molecular weight excluding hydrogens is 200 g/mol. The number of nitrogens with one attached hydrogen (secondary N) is 1. The first kappa shape index (κ1) is 12.8. The van der Waals surface area contributed by atoms with Crippen molar-refractivity contribution in [2.45, 2.75) is 13.8 Å². The Labute approximate surface area is 98.4 Å². The summed E-state index contributed by atoms with van der Waals surface area (Å²) in [6.45, 7) is 6.13. The molecule has 0 amide bonds. The van der Waals surface area contributed by atoms with E-state index in [0.29, 0.717) is 0 Å². The van der Waals surface area contributed by atoms with Gasteiger partial charge in [-0.05, 0) is 38.1 Å². The highest BCUT2D eigenvalue weighted by molar-refractivity contribution is 5.63. The highest BCUT2D eigenvalue weighted by Crippen LogP contribution is 2.32. The molecule has 0 aromatic heterocycles. The van der Waals surface area contributed by atoms with E-state index in [2.05, 4.69) is 43.2 Å². The van der Waals surface area contributed by atoms with E-state index in [9.17, 15) is 0 Å². The van der Waals surface area contributed by atoms with Crippen LogP contribution in [0.5, 0.6) is 5.75 Å². The van der Waals surface area contributed by atoms with Crippen LogP contribution in [0.2, 0.25) is 0 Å². The van der Waals surface area contributed by atoms with Gasteiger partial charge in [-0.25, -0.2) is 0 Å². The fourth-order valence-electron chi connectivity index (χ4n) is 1.88. The molecule has 0 fully saturated rings. The number of likely N-dealkylation sites (N-methyl/N-ethyl adjacent to an activating group) is 2. The maximum Gasteiger partial charge on any atom is 0.145 e. The van der Waals surface area contributed by atoms with Crippen molar-refractivity contribution in [3.8, 4) is 5.75 Å². The molecule has 0 aliphatic carbocycles. The Morgan fingerprint density at radius 2 is 2.00 bits per heavy atom. The van der Waals surface area contributed by atoms with Gasteiger partial charge in [0, 0.05) is 20.1 Å². The van der Waals surface area contributed by atoms with Gasteiger partial charge in [0.05, 0.1) is 12.8 Å². The van der Waals surface area contributed by atoms with Gasteiger partial charge in [0.2, 0.25) is 0 Å². The molecule has 1 rings (SSSR count). The quantitative estimate of drug-likeness (QED) is 0.824. The summed E-state index contributed by atoms with van der Waals surface area (Å²) in [6.07, 6.45) is 0. The van der Waals surface area contributed by atoms with Crippen LogP contribution in [0.4, 0.5) is 5.69 Å². The summed E-state index contributed by atoms with van der Waals surface area (Å²) in [4.78, 5) is 2.22. The second kappa shape index (κ2) is 5.75. The van der Waals surface area contributed by atoms with Gasteiger partial charge in [0.25, 0.3) is 0 Å². The van der Waals surface area contributed by atoms with E-state index in [0.717, 1.165) is 24.5 Å². The van der Waals surface area contributed by atoms with Crippen LogP contribution in [0.1, 0.15) is 11.1 Å². The number of hydrogen-bond donors (Lipinski definition) is 1. The van der Waals surface area contributed by atoms with Crippen molar-refractivity contribution in [1.82, 2.24) is 5.32 Å². The minimum Gasteiger partial charge on any atom is -0.494 e. The molecule has 0 heterocycles. The number of anilines is 1. The Kier molecular flexibility index (Phi) is 4.62. The smallest absolute Gasteiger partial charge is 0.145 e. The first-order chi connectivity index (χ1) is 7.60. The van der Waals surface area contributed by atoms with Crippen molar-refractivity contribution in [2.75, 3.05) is 39.2 Å². The van der Waals surface area contributed by atoms with Gasteiger partial charge in [-0.1, -0.05) is 6.07 Å². The van der Waals surface area contributed by atoms with Crippen molar-refractivity contribution >= 4 is 5.69 Å². The predicted octanol–water partition coefficient (Wildman–Crippen LogP) is 1.97. The average Bonchev–Trinajstić information content (AvgIpc) is 2.24. The Morgan fingerprint density at radius 3 is 2.56 bits per heavy atom. The molecular formula is C13H22N2O. The van der Waals surface area contributed by atoms with E-state index < -0.39 is 0 Å². The van der Waals surface area contributed by atoms with Crippen molar-refractivity contribution in [2.24, 2.45) is 0 Å². The summed E-state index contributed by atoms with van der Waals surface area (Å²) >= 11 is 0. The van der Waals surface area contributed by atoms with Crippen LogP contribution < -0.4 is 15.0 Å². The largest absolute Gasteiger partial charge is 0.494 e. The molecule has 1 aromatic carbocycles. The van der Waals surface area contributed by atoms with Gasteiger partial charge >= 0.3 is 0 Å². The summed E-state index contributed by atoms with van der Waals surface area (Å²) in [5.41, 5.74) is 3.62. The second-order valence-corrected chi connectivity index (χ2v) is 4.16. The van der Waals surface area contributed by atoms with Crippen LogP contribution in [0.3, 0.4) is 0 Å². The Balaban J connectivity index is 3.00. The van der Waals surface area contributed by atoms with E-state index in [4.69, 9.17) is 4.74 Å². The summed E-state index contributed by atoms with van der Waals surface area (Å²) in [5.74, 6) is 0.976. The molecule has 0 aliphatic rings. The van der Waals surface area contributed by atoms with Crippen molar-refractivity contribution in [3.63, 3.8) is 0 Å². The molecule has 0 saturated heterocycles. The molecule has 0 radical (unpaired) electrons. The first-order valence-electron chi connectivity index (χ1n) is 5.61. The molecule has 0 atom stereocenters. The fourth-order valence-corrected chi connectivity index (χ4v) is 1.88. The number of hydrogen-bond acceptors (Lipinski definition) is 3. The predicted molar refractivity (Wildman–Crippen MR) is 69.7 cm³/mol. The molecule has 0 aliphatic heterocycles. The molecule has 0 bridgehead atoms. The molecule has 0 saturated carbocycles. The molecule has 3 nitrogen and oxygen atoms in total. The van der Waals surface area contributed by atoms with Crippen LogP contribution in [-0.4, -0.2) is 34.3 Å². The van der Waals surface area contributed by atoms with Crippen LogP contribution in [-0.2, 0) is 0 Å². The van der Waals surface area contributed by atoms with Gasteiger partial charge in [0.1, 0.15) is 5.75 Å². The Morgan fingerprint density at radius 1 is 1.31 bits per heavy atom. The Bertz CT molecular complexity index is 350. The zero-order valence-corrected chi connectivity index (χ0v) is 10.9. The van der Waals surface area contributed by atoms with Crippen LogP contribution in [0.25, 0.3) is 0 Å². The summed E-state index contributed by atoms with van der Waals surface area (Å²) in [5, 5.41) is 3.15. The fraction of sp³-hybridized carbons (Fsp3) is 0.538.